The predicted octanol–water partition coefficient (Wildman–Crippen LogP) is 4.53. The summed E-state index contributed by atoms with van der Waals surface area (Å²) in [5.74, 6) is 0. The maximum absolute atomic E-state index is 12.6. The maximum Gasteiger partial charge on any atom is 0.145 e. The zero-order valence-electron chi connectivity index (χ0n) is 10.6. The van der Waals surface area contributed by atoms with Crippen LogP contribution in [0.15, 0.2) is 42.5 Å². The van der Waals surface area contributed by atoms with Gasteiger partial charge in [0.25, 0.3) is 0 Å². The van der Waals surface area contributed by atoms with E-state index in [0.29, 0.717) is 0 Å². The van der Waals surface area contributed by atoms with Crippen LogP contribution in [-0.4, -0.2) is 0 Å². The van der Waals surface area contributed by atoms with Gasteiger partial charge in [0.2, 0.25) is 0 Å². The summed E-state index contributed by atoms with van der Waals surface area (Å²) in [4.78, 5) is 0. The van der Waals surface area contributed by atoms with Gasteiger partial charge in [-0.15, -0.1) is 0 Å². The molecule has 0 aliphatic heterocycles. The van der Waals surface area contributed by atoms with Crippen molar-refractivity contribution < 1.29 is 5.11 Å². The summed E-state index contributed by atoms with van der Waals surface area (Å²) in [5, 5.41) is 12.6. The Balaban J connectivity index is 2.12. The van der Waals surface area contributed by atoms with Crippen molar-refractivity contribution in [1.82, 2.24) is 0 Å². The number of benzene rings is 2. The van der Waals surface area contributed by atoms with Gasteiger partial charge in [-0.1, -0.05) is 55.8 Å². The molecule has 0 N–H and O–H groups in total. The Labute approximate surface area is 108 Å². The lowest BCUT2D eigenvalue weighted by molar-refractivity contribution is 0.127. The third-order valence-electron chi connectivity index (χ3n) is 3.79. The Hall–Kier alpha value is -1.60. The fourth-order valence-corrected chi connectivity index (χ4v) is 2.87. The molecule has 0 fully saturated rings. The Morgan fingerprint density at radius 2 is 1.78 bits per heavy atom. The molecule has 1 heteroatoms. The minimum Gasteiger partial charge on any atom is -0.223 e. The van der Waals surface area contributed by atoms with E-state index in [1.807, 2.05) is 18.2 Å². The summed E-state index contributed by atoms with van der Waals surface area (Å²) < 4.78 is 0. The van der Waals surface area contributed by atoms with Crippen molar-refractivity contribution in [2.75, 3.05) is 0 Å². The number of rotatable bonds is 3. The van der Waals surface area contributed by atoms with E-state index in [9.17, 15) is 5.11 Å². The lowest BCUT2D eigenvalue weighted by Gasteiger charge is -2.10. The molecule has 1 unspecified atom stereocenters. The maximum atomic E-state index is 12.6. The van der Waals surface area contributed by atoms with Gasteiger partial charge in [-0.25, -0.2) is 5.11 Å². The van der Waals surface area contributed by atoms with Gasteiger partial charge in [-0.2, -0.15) is 0 Å². The van der Waals surface area contributed by atoms with Crippen LogP contribution in [0.25, 0.3) is 11.1 Å². The molecule has 91 valence electrons. The summed E-state index contributed by atoms with van der Waals surface area (Å²) in [7, 11) is 0. The highest BCUT2D eigenvalue weighted by atomic mass is 16.3. The smallest absolute Gasteiger partial charge is 0.145 e. The van der Waals surface area contributed by atoms with Gasteiger partial charge in [0, 0.05) is 0 Å². The molecule has 0 saturated heterocycles. The number of aryl methyl sites for hydroxylation is 1. The first-order valence-electron chi connectivity index (χ1n) is 6.70. The fraction of sp³-hybridized carbons (Fsp3) is 0.294. The first-order chi connectivity index (χ1) is 8.83. The van der Waals surface area contributed by atoms with Gasteiger partial charge in [0.15, 0.2) is 0 Å². The molecule has 0 bridgehead atoms. The molecule has 18 heavy (non-hydrogen) atoms. The van der Waals surface area contributed by atoms with Crippen LogP contribution in [0.3, 0.4) is 0 Å². The van der Waals surface area contributed by atoms with Gasteiger partial charge in [0.05, 0.1) is 0 Å². The van der Waals surface area contributed by atoms with Crippen molar-refractivity contribution in [3.63, 3.8) is 0 Å². The molecule has 2 aromatic carbocycles. The Morgan fingerprint density at radius 3 is 2.61 bits per heavy atom. The Morgan fingerprint density at radius 1 is 1.00 bits per heavy atom. The largest absolute Gasteiger partial charge is 0.223 e. The average Bonchev–Trinajstić information content (AvgIpc) is 2.72. The molecule has 1 aliphatic rings. The summed E-state index contributed by atoms with van der Waals surface area (Å²) in [6.45, 7) is 2.19. The first kappa shape index (κ1) is 11.5. The third kappa shape index (κ3) is 1.67. The van der Waals surface area contributed by atoms with Crippen molar-refractivity contribution in [1.29, 1.82) is 0 Å². The zero-order valence-corrected chi connectivity index (χ0v) is 10.6. The van der Waals surface area contributed by atoms with Crippen LogP contribution in [0, 0.1) is 0 Å². The van der Waals surface area contributed by atoms with E-state index in [0.717, 1.165) is 35.1 Å². The normalized spacial score (nSPS) is 16.4. The highest BCUT2D eigenvalue weighted by Crippen LogP contribution is 2.45. The molecule has 1 nitrogen and oxygen atoms in total. The van der Waals surface area contributed by atoms with E-state index >= 15 is 0 Å². The second-order valence-electron chi connectivity index (χ2n) is 4.95. The molecule has 0 heterocycles. The molecule has 1 aliphatic carbocycles. The molecule has 3 rings (SSSR count). The molecular weight excluding hydrogens is 220 g/mol. The highest BCUT2D eigenvalue weighted by Gasteiger charge is 2.29. The lowest BCUT2D eigenvalue weighted by Crippen LogP contribution is -1.98. The van der Waals surface area contributed by atoms with E-state index in [2.05, 4.69) is 31.2 Å². The molecule has 0 amide bonds. The van der Waals surface area contributed by atoms with E-state index in [1.165, 1.54) is 12.0 Å². The van der Waals surface area contributed by atoms with Crippen molar-refractivity contribution in [2.24, 2.45) is 0 Å². The van der Waals surface area contributed by atoms with Crippen LogP contribution >= 0.6 is 0 Å². The first-order valence-corrected chi connectivity index (χ1v) is 6.70. The highest BCUT2D eigenvalue weighted by molar-refractivity contribution is 5.79. The van der Waals surface area contributed by atoms with Gasteiger partial charge < -0.3 is 0 Å². The predicted molar refractivity (Wildman–Crippen MR) is 73.0 cm³/mol. The number of hydrogen-bond donors (Lipinski definition) is 0. The van der Waals surface area contributed by atoms with Crippen LogP contribution in [0.5, 0.6) is 0 Å². The number of unbranched alkanes of at least 4 members (excludes halogenated alkanes) is 1. The van der Waals surface area contributed by atoms with Gasteiger partial charge in [0.1, 0.15) is 6.10 Å². The van der Waals surface area contributed by atoms with Crippen molar-refractivity contribution in [2.45, 2.75) is 32.3 Å². The van der Waals surface area contributed by atoms with Gasteiger partial charge in [-0.3, -0.25) is 0 Å². The minimum absolute atomic E-state index is 0.691. The average molecular weight is 237 g/mol. The van der Waals surface area contributed by atoms with Crippen LogP contribution in [-0.2, 0) is 11.5 Å². The summed E-state index contributed by atoms with van der Waals surface area (Å²) in [6, 6.07) is 14.3. The summed E-state index contributed by atoms with van der Waals surface area (Å²) >= 11 is 0. The monoisotopic (exact) mass is 237 g/mol. The second kappa shape index (κ2) is 4.58. The molecule has 1 atom stereocenters. The molecular formula is C17H17O. The minimum atomic E-state index is -0.691. The van der Waals surface area contributed by atoms with Crippen LogP contribution in [0.4, 0.5) is 0 Å². The summed E-state index contributed by atoms with van der Waals surface area (Å²) in [5.41, 5.74) is 5.49. The van der Waals surface area contributed by atoms with Crippen molar-refractivity contribution in [3.05, 3.63) is 59.2 Å². The lowest BCUT2D eigenvalue weighted by atomic mass is 9.96. The van der Waals surface area contributed by atoms with Gasteiger partial charge in [-0.05, 0) is 40.7 Å². The van der Waals surface area contributed by atoms with E-state index in [1.54, 1.807) is 0 Å². The molecule has 1 radical (unpaired) electrons. The third-order valence-corrected chi connectivity index (χ3v) is 3.79. The molecule has 0 spiro atoms. The number of hydrogen-bond acceptors (Lipinski definition) is 0. The van der Waals surface area contributed by atoms with Crippen molar-refractivity contribution >= 4 is 0 Å². The van der Waals surface area contributed by atoms with Gasteiger partial charge >= 0.3 is 0 Å². The summed E-state index contributed by atoms with van der Waals surface area (Å²) in [6.07, 6.45) is 2.65. The topological polar surface area (TPSA) is 19.9 Å². The van der Waals surface area contributed by atoms with E-state index < -0.39 is 6.10 Å². The SMILES string of the molecule is CCCCc1cccc2c1C([O])c1ccccc1-2. The molecule has 0 saturated carbocycles. The Bertz CT molecular complexity index is 572. The quantitative estimate of drug-likeness (QED) is 0.747. The second-order valence-corrected chi connectivity index (χ2v) is 4.95. The standard InChI is InChI=1S/C17H17O/c1-2-3-7-12-8-6-11-14-13-9-4-5-10-15(13)17(18)16(12)14/h4-6,8-11,17H,2-3,7H2,1H3. The molecule has 2 aromatic rings. The van der Waals surface area contributed by atoms with Crippen molar-refractivity contribution in [3.8, 4) is 11.1 Å². The van der Waals surface area contributed by atoms with E-state index in [4.69, 9.17) is 0 Å². The van der Waals surface area contributed by atoms with Crippen LogP contribution in [0.2, 0.25) is 0 Å². The zero-order chi connectivity index (χ0) is 12.5. The van der Waals surface area contributed by atoms with Crippen LogP contribution < -0.4 is 0 Å². The molecule has 0 aromatic heterocycles. The number of fused-ring (bicyclic) bond motifs is 3. The Kier molecular flexibility index (Phi) is 2.92. The fourth-order valence-electron chi connectivity index (χ4n) is 2.87. The van der Waals surface area contributed by atoms with Crippen LogP contribution in [0.1, 0.15) is 42.6 Å². The van der Waals surface area contributed by atoms with E-state index in [-0.39, 0.29) is 0 Å².